The number of carbonyl (C=O) groups excluding carboxylic acids is 1. The molecule has 0 aliphatic heterocycles. The van der Waals surface area contributed by atoms with Gasteiger partial charge in [-0.3, -0.25) is 9.78 Å². The third kappa shape index (κ3) is 2.34. The fourth-order valence-electron chi connectivity index (χ4n) is 1.57. The molecule has 2 aromatic rings. The number of pyridine rings is 1. The molecule has 5 heteroatoms. The summed E-state index contributed by atoms with van der Waals surface area (Å²) < 4.78 is 25.3. The number of nitrogens with zero attached hydrogens (tertiary/aromatic N) is 1. The largest absolute Gasteiger partial charge is 0.398 e. The first kappa shape index (κ1) is 12.2. The maximum atomic E-state index is 12.7. The van der Waals surface area contributed by atoms with Crippen molar-refractivity contribution in [1.82, 2.24) is 4.98 Å². The lowest BCUT2D eigenvalue weighted by Gasteiger charge is -2.07. The number of anilines is 1. The predicted octanol–water partition coefficient (Wildman–Crippen LogP) is 2.83. The molecular formula is C13H10F2N2O. The summed E-state index contributed by atoms with van der Waals surface area (Å²) in [5.74, 6) is -0.356. The molecule has 0 spiro atoms. The first-order chi connectivity index (χ1) is 8.59. The lowest BCUT2D eigenvalue weighted by molar-refractivity contribution is 0.103. The molecule has 1 aromatic carbocycles. The molecule has 0 unspecified atom stereocenters. The number of alkyl halides is 2. The maximum absolute atomic E-state index is 12.7. The van der Waals surface area contributed by atoms with Crippen LogP contribution in [0.3, 0.4) is 0 Å². The average Bonchev–Trinajstić information content (AvgIpc) is 2.39. The van der Waals surface area contributed by atoms with Crippen molar-refractivity contribution in [2.45, 2.75) is 6.43 Å². The van der Waals surface area contributed by atoms with Crippen molar-refractivity contribution in [2.75, 3.05) is 5.73 Å². The van der Waals surface area contributed by atoms with E-state index in [1.54, 1.807) is 12.1 Å². The molecule has 1 aromatic heterocycles. The minimum atomic E-state index is -2.70. The molecule has 0 bridgehead atoms. The highest BCUT2D eigenvalue weighted by molar-refractivity contribution is 6.09. The number of carbonyl (C=O) groups is 1. The molecule has 0 fully saturated rings. The standard InChI is InChI=1S/C13H10F2N2O/c14-13(15)10-6-8(3-4-11(10)16)12(18)9-2-1-5-17-7-9/h1-7,13H,16H2. The molecule has 0 saturated heterocycles. The van der Waals surface area contributed by atoms with Gasteiger partial charge in [-0.15, -0.1) is 0 Å². The van der Waals surface area contributed by atoms with Gasteiger partial charge in [-0.1, -0.05) is 0 Å². The second kappa shape index (κ2) is 4.91. The number of halogens is 2. The van der Waals surface area contributed by atoms with Gasteiger partial charge in [0.15, 0.2) is 5.78 Å². The van der Waals surface area contributed by atoms with E-state index in [1.165, 1.54) is 24.5 Å². The minimum absolute atomic E-state index is 0.0206. The van der Waals surface area contributed by atoms with Gasteiger partial charge < -0.3 is 5.73 Å². The van der Waals surface area contributed by atoms with Gasteiger partial charge in [-0.05, 0) is 30.3 Å². The summed E-state index contributed by atoms with van der Waals surface area (Å²) in [5, 5.41) is 0. The van der Waals surface area contributed by atoms with E-state index in [4.69, 9.17) is 5.73 Å². The van der Waals surface area contributed by atoms with Crippen molar-refractivity contribution in [3.63, 3.8) is 0 Å². The van der Waals surface area contributed by atoms with Crippen LogP contribution < -0.4 is 5.73 Å². The van der Waals surface area contributed by atoms with Crippen LogP contribution in [0.1, 0.15) is 27.9 Å². The summed E-state index contributed by atoms with van der Waals surface area (Å²) in [6.07, 6.45) is 0.220. The number of ketones is 1. The normalized spacial score (nSPS) is 10.6. The molecule has 0 amide bonds. The zero-order valence-electron chi connectivity index (χ0n) is 9.31. The fourth-order valence-corrected chi connectivity index (χ4v) is 1.57. The molecule has 0 atom stereocenters. The summed E-state index contributed by atoms with van der Waals surface area (Å²) in [6.45, 7) is 0. The van der Waals surface area contributed by atoms with Crippen LogP contribution in [0.2, 0.25) is 0 Å². The van der Waals surface area contributed by atoms with Crippen molar-refractivity contribution in [3.8, 4) is 0 Å². The molecular weight excluding hydrogens is 238 g/mol. The van der Waals surface area contributed by atoms with Crippen LogP contribution in [0.25, 0.3) is 0 Å². The Morgan fingerprint density at radius 1 is 1.22 bits per heavy atom. The average molecular weight is 248 g/mol. The van der Waals surface area contributed by atoms with Crippen LogP contribution in [-0.4, -0.2) is 10.8 Å². The van der Waals surface area contributed by atoms with E-state index in [1.807, 2.05) is 0 Å². The Bertz CT molecular complexity index is 570. The van der Waals surface area contributed by atoms with Gasteiger partial charge in [0, 0.05) is 34.8 Å². The van der Waals surface area contributed by atoms with Gasteiger partial charge >= 0.3 is 0 Å². The molecule has 0 saturated carbocycles. The van der Waals surface area contributed by atoms with E-state index < -0.39 is 6.43 Å². The van der Waals surface area contributed by atoms with E-state index in [0.29, 0.717) is 5.56 Å². The summed E-state index contributed by atoms with van der Waals surface area (Å²) in [6, 6.07) is 7.04. The monoisotopic (exact) mass is 248 g/mol. The van der Waals surface area contributed by atoms with Gasteiger partial charge in [-0.2, -0.15) is 0 Å². The van der Waals surface area contributed by atoms with Crippen LogP contribution in [0.5, 0.6) is 0 Å². The lowest BCUT2D eigenvalue weighted by atomic mass is 10.0. The quantitative estimate of drug-likeness (QED) is 0.671. The highest BCUT2D eigenvalue weighted by Gasteiger charge is 2.15. The molecule has 1 heterocycles. The van der Waals surface area contributed by atoms with Gasteiger partial charge in [0.1, 0.15) is 0 Å². The minimum Gasteiger partial charge on any atom is -0.398 e. The molecule has 3 nitrogen and oxygen atoms in total. The molecule has 0 aliphatic carbocycles. The maximum Gasteiger partial charge on any atom is 0.265 e. The van der Waals surface area contributed by atoms with Crippen molar-refractivity contribution in [3.05, 3.63) is 59.4 Å². The third-order valence-corrected chi connectivity index (χ3v) is 2.51. The van der Waals surface area contributed by atoms with E-state index in [-0.39, 0.29) is 22.6 Å². The Balaban J connectivity index is 2.41. The fraction of sp³-hybridized carbons (Fsp3) is 0.0769. The topological polar surface area (TPSA) is 56.0 Å². The van der Waals surface area contributed by atoms with Crippen LogP contribution in [0.4, 0.5) is 14.5 Å². The SMILES string of the molecule is Nc1ccc(C(=O)c2cccnc2)cc1C(F)F. The zero-order chi connectivity index (χ0) is 13.1. The van der Waals surface area contributed by atoms with Gasteiger partial charge in [0.25, 0.3) is 6.43 Å². The Kier molecular flexibility index (Phi) is 3.32. The number of rotatable bonds is 3. The zero-order valence-corrected chi connectivity index (χ0v) is 9.31. The van der Waals surface area contributed by atoms with Crippen molar-refractivity contribution < 1.29 is 13.6 Å². The van der Waals surface area contributed by atoms with Crippen molar-refractivity contribution in [1.29, 1.82) is 0 Å². The van der Waals surface area contributed by atoms with Gasteiger partial charge in [0.05, 0.1) is 0 Å². The first-order valence-electron chi connectivity index (χ1n) is 5.22. The van der Waals surface area contributed by atoms with Crippen LogP contribution in [0.15, 0.2) is 42.7 Å². The predicted molar refractivity (Wildman–Crippen MR) is 63.5 cm³/mol. The summed E-state index contributed by atoms with van der Waals surface area (Å²) in [7, 11) is 0. The number of nitrogen functional groups attached to an aromatic ring is 1. The molecule has 92 valence electrons. The summed E-state index contributed by atoms with van der Waals surface area (Å²) in [4.78, 5) is 15.8. The number of aromatic nitrogens is 1. The Morgan fingerprint density at radius 3 is 2.61 bits per heavy atom. The second-order valence-corrected chi connectivity index (χ2v) is 3.72. The Hall–Kier alpha value is -2.30. The van der Waals surface area contributed by atoms with E-state index in [2.05, 4.69) is 4.98 Å². The Morgan fingerprint density at radius 2 is 2.00 bits per heavy atom. The smallest absolute Gasteiger partial charge is 0.265 e. The third-order valence-electron chi connectivity index (χ3n) is 2.51. The first-order valence-corrected chi connectivity index (χ1v) is 5.22. The van der Waals surface area contributed by atoms with Crippen LogP contribution >= 0.6 is 0 Å². The highest BCUT2D eigenvalue weighted by atomic mass is 19.3. The van der Waals surface area contributed by atoms with E-state index in [0.717, 1.165) is 6.07 Å². The molecule has 0 aliphatic rings. The number of benzene rings is 1. The molecule has 2 rings (SSSR count). The molecule has 18 heavy (non-hydrogen) atoms. The summed E-state index contributed by atoms with van der Waals surface area (Å²) in [5.41, 5.74) is 5.60. The highest BCUT2D eigenvalue weighted by Crippen LogP contribution is 2.26. The molecule has 0 radical (unpaired) electrons. The van der Waals surface area contributed by atoms with Crippen molar-refractivity contribution in [2.24, 2.45) is 0 Å². The Labute approximate surface area is 102 Å². The van der Waals surface area contributed by atoms with Gasteiger partial charge in [0.2, 0.25) is 0 Å². The van der Waals surface area contributed by atoms with E-state index >= 15 is 0 Å². The second-order valence-electron chi connectivity index (χ2n) is 3.72. The molecule has 2 N–H and O–H groups in total. The summed E-state index contributed by atoms with van der Waals surface area (Å²) >= 11 is 0. The number of hydrogen-bond donors (Lipinski definition) is 1. The lowest BCUT2D eigenvalue weighted by Crippen LogP contribution is -2.04. The van der Waals surface area contributed by atoms with E-state index in [9.17, 15) is 13.6 Å². The van der Waals surface area contributed by atoms with Gasteiger partial charge in [-0.25, -0.2) is 8.78 Å². The van der Waals surface area contributed by atoms with Crippen LogP contribution in [-0.2, 0) is 0 Å². The number of hydrogen-bond acceptors (Lipinski definition) is 3. The number of nitrogens with two attached hydrogens (primary N) is 1. The van der Waals surface area contributed by atoms with Crippen LogP contribution in [0, 0.1) is 0 Å². The van der Waals surface area contributed by atoms with Crippen molar-refractivity contribution >= 4 is 11.5 Å².